The van der Waals surface area contributed by atoms with Crippen molar-refractivity contribution >= 4 is 12.0 Å². The van der Waals surface area contributed by atoms with Crippen molar-refractivity contribution < 1.29 is 4.74 Å². The highest BCUT2D eigenvalue weighted by Crippen LogP contribution is 2.26. The molecular weight excluding hydrogens is 388 g/mol. The average Bonchev–Trinajstić information content (AvgIpc) is 3.18. The molecule has 168 valence electrons. The van der Waals surface area contributed by atoms with Gasteiger partial charge in [-0.05, 0) is 61.7 Å². The van der Waals surface area contributed by atoms with E-state index in [2.05, 4.69) is 53.4 Å². The molecule has 2 aliphatic rings. The average molecular weight is 425 g/mol. The zero-order valence-electron chi connectivity index (χ0n) is 18.8. The van der Waals surface area contributed by atoms with E-state index in [9.17, 15) is 0 Å². The SMILES string of the molecule is CC(C)c1ccc(N2C=NC(N)(c3ccc(OCCN4CCCCC4)cc3)N2)cc1.N. The van der Waals surface area contributed by atoms with Gasteiger partial charge in [0.25, 0.3) is 0 Å². The van der Waals surface area contributed by atoms with Gasteiger partial charge in [0.15, 0.2) is 0 Å². The molecular formula is C24H36N6O. The van der Waals surface area contributed by atoms with Crippen LogP contribution in [0.5, 0.6) is 5.75 Å². The Morgan fingerprint density at radius 3 is 2.35 bits per heavy atom. The summed E-state index contributed by atoms with van der Waals surface area (Å²) in [5.41, 5.74) is 13.0. The Morgan fingerprint density at radius 2 is 1.71 bits per heavy atom. The Morgan fingerprint density at radius 1 is 1.03 bits per heavy atom. The molecule has 0 aliphatic carbocycles. The molecule has 1 saturated heterocycles. The minimum Gasteiger partial charge on any atom is -0.492 e. The number of anilines is 1. The van der Waals surface area contributed by atoms with Crippen molar-refractivity contribution in [3.63, 3.8) is 0 Å². The van der Waals surface area contributed by atoms with Crippen molar-refractivity contribution in [2.45, 2.75) is 44.8 Å². The number of nitrogens with zero attached hydrogens (tertiary/aromatic N) is 3. The van der Waals surface area contributed by atoms with E-state index in [1.165, 1.54) is 37.9 Å². The molecule has 0 saturated carbocycles. The van der Waals surface area contributed by atoms with Crippen molar-refractivity contribution in [2.75, 3.05) is 31.3 Å². The molecule has 0 bridgehead atoms. The van der Waals surface area contributed by atoms with Crippen molar-refractivity contribution in [1.82, 2.24) is 16.5 Å². The smallest absolute Gasteiger partial charge is 0.207 e. The van der Waals surface area contributed by atoms with Crippen LogP contribution in [0.2, 0.25) is 0 Å². The molecule has 2 aromatic rings. The van der Waals surface area contributed by atoms with Gasteiger partial charge in [0.1, 0.15) is 18.7 Å². The summed E-state index contributed by atoms with van der Waals surface area (Å²) in [5, 5.41) is 1.87. The highest BCUT2D eigenvalue weighted by molar-refractivity contribution is 5.80. The van der Waals surface area contributed by atoms with Crippen LogP contribution in [0.15, 0.2) is 53.5 Å². The Bertz CT molecular complexity index is 845. The van der Waals surface area contributed by atoms with Gasteiger partial charge < -0.3 is 10.9 Å². The maximum Gasteiger partial charge on any atom is 0.207 e. The van der Waals surface area contributed by atoms with Crippen molar-refractivity contribution in [3.05, 3.63) is 59.7 Å². The second kappa shape index (κ2) is 10.2. The molecule has 0 radical (unpaired) electrons. The Hall–Kier alpha value is -2.45. The van der Waals surface area contributed by atoms with Crippen LogP contribution in [-0.2, 0) is 5.79 Å². The van der Waals surface area contributed by atoms with Crippen LogP contribution in [0.4, 0.5) is 5.69 Å². The lowest BCUT2D eigenvalue weighted by atomic mass is 10.0. The van der Waals surface area contributed by atoms with Crippen LogP contribution in [0.1, 0.15) is 50.2 Å². The molecule has 2 heterocycles. The van der Waals surface area contributed by atoms with Crippen LogP contribution in [0.3, 0.4) is 0 Å². The highest BCUT2D eigenvalue weighted by Gasteiger charge is 2.33. The van der Waals surface area contributed by atoms with Crippen LogP contribution in [0, 0.1) is 0 Å². The first kappa shape index (κ1) is 23.2. The van der Waals surface area contributed by atoms with Gasteiger partial charge in [-0.25, -0.2) is 4.99 Å². The number of piperidine rings is 1. The number of hydrazine groups is 1. The molecule has 7 heteroatoms. The van der Waals surface area contributed by atoms with E-state index in [1.807, 2.05) is 29.3 Å². The van der Waals surface area contributed by atoms with Crippen LogP contribution in [0.25, 0.3) is 0 Å². The molecule has 1 unspecified atom stereocenters. The lowest BCUT2D eigenvalue weighted by molar-refractivity contribution is 0.183. The lowest BCUT2D eigenvalue weighted by Gasteiger charge is -2.27. The number of benzene rings is 2. The van der Waals surface area contributed by atoms with Gasteiger partial charge in [-0.3, -0.25) is 15.6 Å². The number of nitrogens with two attached hydrogens (primary N) is 1. The molecule has 7 nitrogen and oxygen atoms in total. The fourth-order valence-corrected chi connectivity index (χ4v) is 3.96. The van der Waals surface area contributed by atoms with E-state index >= 15 is 0 Å². The molecule has 31 heavy (non-hydrogen) atoms. The number of nitrogens with one attached hydrogen (secondary N) is 1. The maximum atomic E-state index is 6.54. The third-order valence-electron chi connectivity index (χ3n) is 5.93. The Kier molecular flexibility index (Phi) is 7.67. The second-order valence-electron chi connectivity index (χ2n) is 8.51. The summed E-state index contributed by atoms with van der Waals surface area (Å²) in [6.07, 6.45) is 5.71. The molecule has 1 fully saturated rings. The van der Waals surface area contributed by atoms with Crippen molar-refractivity contribution in [1.29, 1.82) is 0 Å². The number of aliphatic imine (C=N–C) groups is 1. The molecule has 4 rings (SSSR count). The van der Waals surface area contributed by atoms with E-state index in [1.54, 1.807) is 6.34 Å². The molecule has 0 aromatic heterocycles. The van der Waals surface area contributed by atoms with Gasteiger partial charge in [0, 0.05) is 12.1 Å². The largest absolute Gasteiger partial charge is 0.492 e. The third kappa shape index (κ3) is 5.62. The summed E-state index contributed by atoms with van der Waals surface area (Å²) in [6.45, 7) is 8.46. The number of likely N-dealkylation sites (tertiary alicyclic amines) is 1. The normalized spacial score (nSPS) is 21.4. The van der Waals surface area contributed by atoms with Crippen LogP contribution < -0.4 is 27.1 Å². The van der Waals surface area contributed by atoms with Gasteiger partial charge in [0.2, 0.25) is 5.79 Å². The first-order valence-corrected chi connectivity index (χ1v) is 11.0. The third-order valence-corrected chi connectivity index (χ3v) is 5.93. The topological polar surface area (TPSA) is 101 Å². The Labute approximate surface area is 185 Å². The molecule has 1 atom stereocenters. The van der Waals surface area contributed by atoms with E-state index in [-0.39, 0.29) is 6.15 Å². The minimum atomic E-state index is -0.983. The van der Waals surface area contributed by atoms with E-state index in [0.717, 1.165) is 23.5 Å². The molecule has 0 spiro atoms. The van der Waals surface area contributed by atoms with Gasteiger partial charge in [-0.15, -0.1) is 0 Å². The first-order valence-electron chi connectivity index (χ1n) is 11.0. The second-order valence-corrected chi connectivity index (χ2v) is 8.51. The fraction of sp³-hybridized carbons (Fsp3) is 0.458. The van der Waals surface area contributed by atoms with Crippen LogP contribution in [-0.4, -0.2) is 37.5 Å². The minimum absolute atomic E-state index is 0. The quantitative estimate of drug-likeness (QED) is 0.622. The predicted molar refractivity (Wildman–Crippen MR) is 128 cm³/mol. The van der Waals surface area contributed by atoms with E-state index in [0.29, 0.717) is 12.5 Å². The van der Waals surface area contributed by atoms with Gasteiger partial charge in [0.05, 0.1) is 5.69 Å². The van der Waals surface area contributed by atoms with Crippen molar-refractivity contribution in [3.8, 4) is 5.75 Å². The summed E-state index contributed by atoms with van der Waals surface area (Å²) in [5.74, 6) is 0.388. The first-order chi connectivity index (χ1) is 14.5. The summed E-state index contributed by atoms with van der Waals surface area (Å²) in [7, 11) is 0. The zero-order chi connectivity index (χ0) is 21.0. The van der Waals surface area contributed by atoms with Crippen molar-refractivity contribution in [2.24, 2.45) is 10.7 Å². The summed E-state index contributed by atoms with van der Waals surface area (Å²) >= 11 is 0. The standard InChI is InChI=1S/C24H33N5O.H3N/c1-19(2)20-6-10-22(11-7-20)29-18-26-24(25,27-29)21-8-12-23(13-9-21)30-17-16-28-14-4-3-5-15-28;/h6-13,18-19,27H,3-5,14-17,25H2,1-2H3;1H3. The molecule has 0 amide bonds. The molecule has 2 aromatic carbocycles. The molecule has 2 aliphatic heterocycles. The number of ether oxygens (including phenoxy) is 1. The lowest BCUT2D eigenvalue weighted by Crippen LogP contribution is -2.51. The van der Waals surface area contributed by atoms with E-state index in [4.69, 9.17) is 10.5 Å². The van der Waals surface area contributed by atoms with Crippen LogP contribution >= 0.6 is 0 Å². The predicted octanol–water partition coefficient (Wildman–Crippen LogP) is 3.96. The van der Waals surface area contributed by atoms with Gasteiger partial charge in [-0.2, -0.15) is 5.43 Å². The summed E-state index contributed by atoms with van der Waals surface area (Å²) in [4.78, 5) is 7.00. The molecule has 6 N–H and O–H groups in total. The highest BCUT2D eigenvalue weighted by atomic mass is 16.5. The summed E-state index contributed by atoms with van der Waals surface area (Å²) < 4.78 is 5.93. The number of hydrogen-bond acceptors (Lipinski definition) is 7. The monoisotopic (exact) mass is 424 g/mol. The summed E-state index contributed by atoms with van der Waals surface area (Å²) in [6, 6.07) is 16.3. The van der Waals surface area contributed by atoms with E-state index < -0.39 is 5.79 Å². The fourth-order valence-electron chi connectivity index (χ4n) is 3.96. The maximum absolute atomic E-state index is 6.54. The van der Waals surface area contributed by atoms with Gasteiger partial charge in [-0.1, -0.05) is 44.5 Å². The number of rotatable bonds is 7. The zero-order valence-corrected chi connectivity index (χ0v) is 18.8. The number of hydrogen-bond donors (Lipinski definition) is 3. The Balaban J connectivity index is 0.00000272. The van der Waals surface area contributed by atoms with Gasteiger partial charge >= 0.3 is 0 Å².